The summed E-state index contributed by atoms with van der Waals surface area (Å²) in [5.74, 6) is 0.576. The Labute approximate surface area is 139 Å². The van der Waals surface area contributed by atoms with Crippen molar-refractivity contribution in [2.24, 2.45) is 0 Å². The van der Waals surface area contributed by atoms with Gasteiger partial charge in [0.15, 0.2) is 0 Å². The maximum atomic E-state index is 9.66. The summed E-state index contributed by atoms with van der Waals surface area (Å²) in [5, 5.41) is 13.0. The molecule has 116 valence electrons. The molecule has 0 saturated heterocycles. The summed E-state index contributed by atoms with van der Waals surface area (Å²) in [6.07, 6.45) is 0. The number of halogens is 1. The predicted molar refractivity (Wildman–Crippen MR) is 92.4 cm³/mol. The minimum atomic E-state index is -0.259. The molecule has 0 saturated carbocycles. The van der Waals surface area contributed by atoms with Crippen molar-refractivity contribution in [1.29, 1.82) is 0 Å². The smallest absolute Gasteiger partial charge is 0.224 e. The zero-order valence-corrected chi connectivity index (χ0v) is 13.1. The normalized spacial score (nSPS) is 11.9. The van der Waals surface area contributed by atoms with E-state index >= 15 is 0 Å². The first-order chi connectivity index (χ1) is 11.3. The van der Waals surface area contributed by atoms with Crippen LogP contribution in [0.5, 0.6) is 0 Å². The van der Waals surface area contributed by atoms with Gasteiger partial charge in [-0.25, -0.2) is 9.97 Å². The lowest BCUT2D eigenvalue weighted by atomic mass is 10.1. The molecule has 0 bridgehead atoms. The molecule has 0 amide bonds. The number of benzene rings is 2. The maximum absolute atomic E-state index is 9.66. The quantitative estimate of drug-likeness (QED) is 0.697. The third-order valence-electron chi connectivity index (χ3n) is 3.48. The summed E-state index contributed by atoms with van der Waals surface area (Å²) in [6.45, 7) is -0.0493. The number of hydrogen-bond donors (Lipinski definition) is 2. The van der Waals surface area contributed by atoms with Gasteiger partial charge in [-0.1, -0.05) is 60.7 Å². The zero-order valence-electron chi connectivity index (χ0n) is 12.4. The molecule has 1 heterocycles. The topological polar surface area (TPSA) is 58.0 Å². The molecule has 2 N–H and O–H groups in total. The van der Waals surface area contributed by atoms with E-state index in [0.29, 0.717) is 5.82 Å². The molecular formula is C18H16ClN3O. The van der Waals surface area contributed by atoms with E-state index in [-0.39, 0.29) is 17.9 Å². The third-order valence-corrected chi connectivity index (χ3v) is 3.64. The first-order valence-corrected chi connectivity index (χ1v) is 7.66. The van der Waals surface area contributed by atoms with Crippen LogP contribution in [0.15, 0.2) is 66.7 Å². The van der Waals surface area contributed by atoms with Gasteiger partial charge in [0, 0.05) is 11.6 Å². The Bertz CT molecular complexity index is 766. The largest absolute Gasteiger partial charge is 0.394 e. The van der Waals surface area contributed by atoms with Crippen LogP contribution < -0.4 is 5.32 Å². The number of rotatable bonds is 5. The van der Waals surface area contributed by atoms with Gasteiger partial charge in [0.2, 0.25) is 5.28 Å². The van der Waals surface area contributed by atoms with E-state index in [9.17, 15) is 5.11 Å². The maximum Gasteiger partial charge on any atom is 0.224 e. The molecule has 0 aliphatic carbocycles. The first-order valence-electron chi connectivity index (χ1n) is 7.28. The highest BCUT2D eigenvalue weighted by molar-refractivity contribution is 6.28. The third kappa shape index (κ3) is 3.86. The molecule has 1 aromatic heterocycles. The van der Waals surface area contributed by atoms with Crippen molar-refractivity contribution in [1.82, 2.24) is 9.97 Å². The Hall–Kier alpha value is -2.43. The van der Waals surface area contributed by atoms with Gasteiger partial charge in [0.1, 0.15) is 5.82 Å². The second-order valence-electron chi connectivity index (χ2n) is 5.06. The minimum Gasteiger partial charge on any atom is -0.394 e. The van der Waals surface area contributed by atoms with Gasteiger partial charge in [-0.2, -0.15) is 0 Å². The lowest BCUT2D eigenvalue weighted by molar-refractivity contribution is 0.276. The molecule has 2 aromatic carbocycles. The molecule has 0 fully saturated rings. The van der Waals surface area contributed by atoms with E-state index < -0.39 is 0 Å². The average Bonchev–Trinajstić information content (AvgIpc) is 2.61. The standard InChI is InChI=1S/C18H16ClN3O/c19-18-21-15(13-7-3-1-4-8-13)11-17(22-18)20-16(12-23)14-9-5-2-6-10-14/h1-11,16,23H,12H2,(H,20,21,22). The second kappa shape index (κ2) is 7.22. The van der Waals surface area contributed by atoms with Crippen molar-refractivity contribution in [2.75, 3.05) is 11.9 Å². The van der Waals surface area contributed by atoms with Crippen LogP contribution >= 0.6 is 11.6 Å². The number of nitrogens with one attached hydrogen (secondary N) is 1. The van der Waals surface area contributed by atoms with Gasteiger partial charge in [0.05, 0.1) is 18.3 Å². The molecule has 3 aromatic rings. The van der Waals surface area contributed by atoms with Gasteiger partial charge in [0.25, 0.3) is 0 Å². The van der Waals surface area contributed by atoms with E-state index in [0.717, 1.165) is 16.8 Å². The highest BCUT2D eigenvalue weighted by Gasteiger charge is 2.12. The Morgan fingerprint density at radius 1 is 0.957 bits per heavy atom. The molecule has 5 heteroatoms. The molecule has 1 unspecified atom stereocenters. The summed E-state index contributed by atoms with van der Waals surface area (Å²) in [7, 11) is 0. The Kier molecular flexibility index (Phi) is 4.86. The summed E-state index contributed by atoms with van der Waals surface area (Å²) in [5.41, 5.74) is 2.67. The minimum absolute atomic E-state index is 0.0493. The molecule has 0 aliphatic heterocycles. The van der Waals surface area contributed by atoms with E-state index in [1.165, 1.54) is 0 Å². The number of anilines is 1. The van der Waals surface area contributed by atoms with Crippen LogP contribution in [0.4, 0.5) is 5.82 Å². The fourth-order valence-electron chi connectivity index (χ4n) is 2.35. The Morgan fingerprint density at radius 2 is 1.61 bits per heavy atom. The van der Waals surface area contributed by atoms with Gasteiger partial charge >= 0.3 is 0 Å². The SMILES string of the molecule is OCC(Nc1cc(-c2ccccc2)nc(Cl)n1)c1ccccc1. The molecule has 1 atom stereocenters. The number of aliphatic hydroxyl groups is 1. The van der Waals surface area contributed by atoms with E-state index in [1.54, 1.807) is 0 Å². The molecular weight excluding hydrogens is 310 g/mol. The van der Waals surface area contributed by atoms with Gasteiger partial charge in [-0.3, -0.25) is 0 Å². The number of aromatic nitrogens is 2. The van der Waals surface area contributed by atoms with Crippen molar-refractivity contribution in [2.45, 2.75) is 6.04 Å². The van der Waals surface area contributed by atoms with Gasteiger partial charge in [-0.05, 0) is 17.2 Å². The molecule has 0 radical (unpaired) electrons. The zero-order chi connectivity index (χ0) is 16.1. The fraction of sp³-hybridized carbons (Fsp3) is 0.111. The van der Waals surface area contributed by atoms with Crippen molar-refractivity contribution in [3.05, 3.63) is 77.6 Å². The molecule has 0 spiro atoms. The first kappa shape index (κ1) is 15.5. The highest BCUT2D eigenvalue weighted by Crippen LogP contribution is 2.24. The Morgan fingerprint density at radius 3 is 2.26 bits per heavy atom. The summed E-state index contributed by atoms with van der Waals surface area (Å²) >= 11 is 6.05. The van der Waals surface area contributed by atoms with Crippen LogP contribution in [0.1, 0.15) is 11.6 Å². The monoisotopic (exact) mass is 325 g/mol. The van der Waals surface area contributed by atoms with Crippen LogP contribution in [-0.2, 0) is 0 Å². The fourth-order valence-corrected chi connectivity index (χ4v) is 2.53. The van der Waals surface area contributed by atoms with Crippen LogP contribution in [0.25, 0.3) is 11.3 Å². The van der Waals surface area contributed by atoms with E-state index in [2.05, 4.69) is 15.3 Å². The van der Waals surface area contributed by atoms with Gasteiger partial charge in [-0.15, -0.1) is 0 Å². The molecule has 4 nitrogen and oxygen atoms in total. The number of nitrogens with zero attached hydrogens (tertiary/aromatic N) is 2. The van der Waals surface area contributed by atoms with Crippen LogP contribution in [0.3, 0.4) is 0 Å². The van der Waals surface area contributed by atoms with E-state index in [4.69, 9.17) is 11.6 Å². The van der Waals surface area contributed by atoms with Crippen molar-refractivity contribution in [3.63, 3.8) is 0 Å². The van der Waals surface area contributed by atoms with E-state index in [1.807, 2.05) is 66.7 Å². The lowest BCUT2D eigenvalue weighted by Gasteiger charge is -2.17. The number of hydrogen-bond acceptors (Lipinski definition) is 4. The van der Waals surface area contributed by atoms with Crippen molar-refractivity contribution in [3.8, 4) is 11.3 Å². The highest BCUT2D eigenvalue weighted by atomic mass is 35.5. The van der Waals surface area contributed by atoms with Crippen LogP contribution in [0, 0.1) is 0 Å². The summed E-state index contributed by atoms with van der Waals surface area (Å²) in [4.78, 5) is 8.47. The van der Waals surface area contributed by atoms with Crippen molar-refractivity contribution < 1.29 is 5.11 Å². The lowest BCUT2D eigenvalue weighted by Crippen LogP contribution is -2.15. The van der Waals surface area contributed by atoms with Crippen molar-refractivity contribution >= 4 is 17.4 Å². The average molecular weight is 326 g/mol. The van der Waals surface area contributed by atoms with Gasteiger partial charge < -0.3 is 10.4 Å². The molecule has 0 aliphatic rings. The van der Waals surface area contributed by atoms with Crippen LogP contribution in [-0.4, -0.2) is 21.7 Å². The Balaban J connectivity index is 1.89. The molecule has 23 heavy (non-hydrogen) atoms. The van der Waals surface area contributed by atoms with Crippen LogP contribution in [0.2, 0.25) is 5.28 Å². The summed E-state index contributed by atoms with van der Waals surface area (Å²) < 4.78 is 0. The summed E-state index contributed by atoms with van der Waals surface area (Å²) in [6, 6.07) is 21.0. The second-order valence-corrected chi connectivity index (χ2v) is 5.40. The predicted octanol–water partition coefficient (Wildman–Crippen LogP) is 3.94. The molecule has 3 rings (SSSR count). The number of aliphatic hydroxyl groups excluding tert-OH is 1.